The van der Waals surface area contributed by atoms with E-state index in [1.807, 2.05) is 25.1 Å². The van der Waals surface area contributed by atoms with Crippen molar-refractivity contribution in [1.82, 2.24) is 15.2 Å². The number of carbonyl (C=O) groups is 2. The molecule has 22 heavy (non-hydrogen) atoms. The van der Waals surface area contributed by atoms with Crippen LogP contribution in [0.1, 0.15) is 25.5 Å². The van der Waals surface area contributed by atoms with Crippen LogP contribution in [-0.2, 0) is 4.79 Å². The summed E-state index contributed by atoms with van der Waals surface area (Å²) in [6.45, 7) is 3.64. The molecule has 2 amide bonds. The molecule has 2 aromatic rings. The molecule has 0 radical (unpaired) electrons. The normalized spacial score (nSPS) is 13.6. The van der Waals surface area contributed by atoms with Gasteiger partial charge in [-0.05, 0) is 24.6 Å². The molecule has 1 aromatic heterocycles. The number of rotatable bonds is 5. The Labute approximate surface area is 132 Å². The van der Waals surface area contributed by atoms with Crippen molar-refractivity contribution in [3.05, 3.63) is 29.3 Å². The molecule has 0 aliphatic heterocycles. The molecule has 0 saturated heterocycles. The van der Waals surface area contributed by atoms with Gasteiger partial charge in [-0.15, -0.1) is 11.3 Å². The van der Waals surface area contributed by atoms with Crippen molar-refractivity contribution >= 4 is 33.6 Å². The summed E-state index contributed by atoms with van der Waals surface area (Å²) in [4.78, 5) is 28.6. The molecule has 6 nitrogen and oxygen atoms in total. The summed E-state index contributed by atoms with van der Waals surface area (Å²) in [7, 11) is 1.59. The predicted octanol–water partition coefficient (Wildman–Crippen LogP) is 2.72. The summed E-state index contributed by atoms with van der Waals surface area (Å²) in [6, 6.07) is 5.43. The van der Waals surface area contributed by atoms with E-state index in [0.29, 0.717) is 0 Å². The van der Waals surface area contributed by atoms with E-state index in [2.05, 4.69) is 10.3 Å². The highest BCUT2D eigenvalue weighted by atomic mass is 32.1. The van der Waals surface area contributed by atoms with Crippen molar-refractivity contribution in [3.8, 4) is 0 Å². The maximum absolute atomic E-state index is 12.1. The number of aromatic nitrogens is 1. The van der Waals surface area contributed by atoms with Gasteiger partial charge in [0.2, 0.25) is 0 Å². The van der Waals surface area contributed by atoms with Gasteiger partial charge in [-0.2, -0.15) is 0 Å². The van der Waals surface area contributed by atoms with Crippen LogP contribution in [0, 0.1) is 5.92 Å². The fourth-order valence-electron chi connectivity index (χ4n) is 2.09. The van der Waals surface area contributed by atoms with Gasteiger partial charge < -0.3 is 15.3 Å². The maximum Gasteiger partial charge on any atom is 0.317 e. The molecule has 118 valence electrons. The number of aliphatic carboxylic acids is 1. The summed E-state index contributed by atoms with van der Waals surface area (Å²) in [5, 5.41) is 11.8. The van der Waals surface area contributed by atoms with Crippen LogP contribution in [0.5, 0.6) is 0 Å². The van der Waals surface area contributed by atoms with E-state index < -0.39 is 11.9 Å². The molecular weight excluding hydrogens is 302 g/mol. The summed E-state index contributed by atoms with van der Waals surface area (Å²) < 4.78 is 1.08. The standard InChI is InChI=1S/C15H19N3O3S/c1-9(14(19)20)7-18(3)15(21)17-10(2)11-4-5-12-13(6-11)22-8-16-12/h4-6,8-10H,7H2,1-3H3,(H,17,21)(H,19,20). The Kier molecular flexibility index (Phi) is 4.97. The highest BCUT2D eigenvalue weighted by Gasteiger charge is 2.19. The minimum absolute atomic E-state index is 0.165. The molecule has 2 atom stereocenters. The summed E-state index contributed by atoms with van der Waals surface area (Å²) in [5.41, 5.74) is 3.73. The average molecular weight is 321 g/mol. The molecule has 2 rings (SSSR count). The molecule has 0 fully saturated rings. The first-order valence-corrected chi connectivity index (χ1v) is 7.84. The molecule has 0 aliphatic carbocycles. The third-order valence-electron chi connectivity index (χ3n) is 3.51. The summed E-state index contributed by atoms with van der Waals surface area (Å²) in [6.07, 6.45) is 0. The molecule has 1 heterocycles. The number of urea groups is 1. The van der Waals surface area contributed by atoms with E-state index in [-0.39, 0.29) is 18.6 Å². The number of nitrogens with one attached hydrogen (secondary N) is 1. The number of thiazole rings is 1. The number of hydrogen-bond acceptors (Lipinski definition) is 4. The van der Waals surface area contributed by atoms with Gasteiger partial charge in [0.25, 0.3) is 0 Å². The molecule has 0 saturated carbocycles. The van der Waals surface area contributed by atoms with E-state index in [9.17, 15) is 9.59 Å². The van der Waals surface area contributed by atoms with Crippen LogP contribution in [0.15, 0.2) is 23.7 Å². The first kappa shape index (κ1) is 16.2. The zero-order chi connectivity index (χ0) is 16.3. The first-order chi connectivity index (χ1) is 10.4. The van der Waals surface area contributed by atoms with Crippen LogP contribution in [0.3, 0.4) is 0 Å². The smallest absolute Gasteiger partial charge is 0.317 e. The zero-order valence-corrected chi connectivity index (χ0v) is 13.6. The Morgan fingerprint density at radius 3 is 2.82 bits per heavy atom. The lowest BCUT2D eigenvalue weighted by molar-refractivity contribution is -0.141. The largest absolute Gasteiger partial charge is 0.481 e. The van der Waals surface area contributed by atoms with Gasteiger partial charge in [0.15, 0.2) is 0 Å². The number of carboxylic acid groups (broad SMARTS) is 1. The summed E-state index contributed by atoms with van der Waals surface area (Å²) in [5.74, 6) is -1.51. The minimum atomic E-state index is -0.914. The van der Waals surface area contributed by atoms with E-state index in [1.54, 1.807) is 30.8 Å². The van der Waals surface area contributed by atoms with Crippen molar-refractivity contribution in [2.24, 2.45) is 5.92 Å². The van der Waals surface area contributed by atoms with Crippen LogP contribution in [0.25, 0.3) is 10.2 Å². The Hall–Kier alpha value is -2.15. The summed E-state index contributed by atoms with van der Waals surface area (Å²) >= 11 is 1.56. The van der Waals surface area contributed by atoms with Crippen molar-refractivity contribution in [2.75, 3.05) is 13.6 Å². The molecule has 0 aliphatic rings. The number of nitrogens with zero attached hydrogens (tertiary/aromatic N) is 2. The Morgan fingerprint density at radius 1 is 1.41 bits per heavy atom. The lowest BCUT2D eigenvalue weighted by Gasteiger charge is -2.23. The van der Waals surface area contributed by atoms with Gasteiger partial charge >= 0.3 is 12.0 Å². The number of fused-ring (bicyclic) bond motifs is 1. The number of carboxylic acids is 1. The van der Waals surface area contributed by atoms with Gasteiger partial charge in [-0.1, -0.05) is 13.0 Å². The third kappa shape index (κ3) is 3.73. The second kappa shape index (κ2) is 6.74. The molecule has 1 aromatic carbocycles. The van der Waals surface area contributed by atoms with Crippen LogP contribution in [0.4, 0.5) is 4.79 Å². The Morgan fingerprint density at radius 2 is 2.14 bits per heavy atom. The van der Waals surface area contributed by atoms with E-state index in [0.717, 1.165) is 15.8 Å². The molecular formula is C15H19N3O3S. The van der Waals surface area contributed by atoms with E-state index in [1.165, 1.54) is 4.90 Å². The molecule has 0 spiro atoms. The fraction of sp³-hybridized carbons (Fsp3) is 0.400. The zero-order valence-electron chi connectivity index (χ0n) is 12.7. The highest BCUT2D eigenvalue weighted by Crippen LogP contribution is 2.22. The fourth-order valence-corrected chi connectivity index (χ4v) is 2.82. The van der Waals surface area contributed by atoms with Gasteiger partial charge in [-0.3, -0.25) is 4.79 Å². The topological polar surface area (TPSA) is 82.5 Å². The van der Waals surface area contributed by atoms with Gasteiger partial charge in [0, 0.05) is 13.6 Å². The Bertz CT molecular complexity index is 685. The van der Waals surface area contributed by atoms with Crippen LogP contribution in [-0.4, -0.2) is 40.6 Å². The van der Waals surface area contributed by atoms with Crippen LogP contribution >= 0.6 is 11.3 Å². The van der Waals surface area contributed by atoms with Gasteiger partial charge in [0.1, 0.15) is 0 Å². The van der Waals surface area contributed by atoms with Crippen molar-refractivity contribution in [1.29, 1.82) is 0 Å². The lowest BCUT2D eigenvalue weighted by atomic mass is 10.1. The minimum Gasteiger partial charge on any atom is -0.481 e. The molecule has 2 unspecified atom stereocenters. The van der Waals surface area contributed by atoms with Gasteiger partial charge in [0.05, 0.1) is 27.7 Å². The third-order valence-corrected chi connectivity index (χ3v) is 4.30. The lowest BCUT2D eigenvalue weighted by Crippen LogP contribution is -2.41. The molecule has 7 heteroatoms. The second-order valence-electron chi connectivity index (χ2n) is 5.37. The van der Waals surface area contributed by atoms with Crippen LogP contribution in [0.2, 0.25) is 0 Å². The average Bonchev–Trinajstić information content (AvgIpc) is 2.93. The Balaban J connectivity index is 1.99. The quantitative estimate of drug-likeness (QED) is 0.887. The van der Waals surface area contributed by atoms with Crippen molar-refractivity contribution in [3.63, 3.8) is 0 Å². The van der Waals surface area contributed by atoms with E-state index in [4.69, 9.17) is 5.11 Å². The van der Waals surface area contributed by atoms with Crippen molar-refractivity contribution in [2.45, 2.75) is 19.9 Å². The van der Waals surface area contributed by atoms with E-state index >= 15 is 0 Å². The maximum atomic E-state index is 12.1. The number of carbonyl (C=O) groups excluding carboxylic acids is 1. The monoisotopic (exact) mass is 321 g/mol. The van der Waals surface area contributed by atoms with Crippen molar-refractivity contribution < 1.29 is 14.7 Å². The first-order valence-electron chi connectivity index (χ1n) is 6.96. The molecule has 2 N–H and O–H groups in total. The molecule has 0 bridgehead atoms. The van der Waals surface area contributed by atoms with Crippen LogP contribution < -0.4 is 5.32 Å². The second-order valence-corrected chi connectivity index (χ2v) is 6.26. The number of benzene rings is 1. The number of amides is 2. The van der Waals surface area contributed by atoms with Gasteiger partial charge in [-0.25, -0.2) is 9.78 Å². The highest BCUT2D eigenvalue weighted by molar-refractivity contribution is 7.16. The number of hydrogen-bond donors (Lipinski definition) is 2. The SMILES string of the molecule is CC(CN(C)C(=O)NC(C)c1ccc2ncsc2c1)C(=O)O. The predicted molar refractivity (Wildman–Crippen MR) is 86.0 cm³/mol.